The molecule has 0 bridgehead atoms. The van der Waals surface area contributed by atoms with Crippen molar-refractivity contribution < 1.29 is 14.3 Å². The van der Waals surface area contributed by atoms with Gasteiger partial charge in [-0.1, -0.05) is 6.07 Å². The summed E-state index contributed by atoms with van der Waals surface area (Å²) < 4.78 is 10.5. The summed E-state index contributed by atoms with van der Waals surface area (Å²) in [6, 6.07) is 14.0. The number of piperazine rings is 1. The highest BCUT2D eigenvalue weighted by Gasteiger charge is 2.18. The highest BCUT2D eigenvalue weighted by molar-refractivity contribution is 5.92. The lowest BCUT2D eigenvalue weighted by Crippen LogP contribution is -2.47. The third-order valence-corrected chi connectivity index (χ3v) is 5.09. The van der Waals surface area contributed by atoms with Crippen molar-refractivity contribution in [2.45, 2.75) is 13.3 Å². The van der Waals surface area contributed by atoms with Crippen LogP contribution in [-0.2, 0) is 4.79 Å². The van der Waals surface area contributed by atoms with Gasteiger partial charge in [-0.2, -0.15) is 0 Å². The van der Waals surface area contributed by atoms with E-state index in [1.165, 1.54) is 5.69 Å². The van der Waals surface area contributed by atoms with Crippen molar-refractivity contribution in [2.24, 2.45) is 0 Å². The number of rotatable bonds is 7. The lowest BCUT2D eigenvalue weighted by molar-refractivity contribution is -0.116. The molecule has 1 heterocycles. The first-order chi connectivity index (χ1) is 13.6. The van der Waals surface area contributed by atoms with Crippen LogP contribution in [0.3, 0.4) is 0 Å². The minimum Gasteiger partial charge on any atom is -0.497 e. The largest absolute Gasteiger partial charge is 0.497 e. The molecule has 2 aromatic carbocycles. The van der Waals surface area contributed by atoms with Gasteiger partial charge in [-0.3, -0.25) is 9.69 Å². The summed E-state index contributed by atoms with van der Waals surface area (Å²) in [5, 5.41) is 2.97. The highest BCUT2D eigenvalue weighted by Crippen LogP contribution is 2.25. The van der Waals surface area contributed by atoms with Gasteiger partial charge >= 0.3 is 0 Å². The van der Waals surface area contributed by atoms with Gasteiger partial charge in [0.15, 0.2) is 0 Å². The molecule has 1 fully saturated rings. The van der Waals surface area contributed by atoms with Crippen molar-refractivity contribution in [3.63, 3.8) is 0 Å². The van der Waals surface area contributed by atoms with E-state index in [-0.39, 0.29) is 5.91 Å². The minimum absolute atomic E-state index is 0.0153. The molecule has 0 aliphatic carbocycles. The van der Waals surface area contributed by atoms with E-state index < -0.39 is 0 Å². The van der Waals surface area contributed by atoms with Crippen LogP contribution in [0.4, 0.5) is 11.4 Å². The first-order valence-electron chi connectivity index (χ1n) is 9.65. The van der Waals surface area contributed by atoms with Crippen molar-refractivity contribution in [1.82, 2.24) is 4.90 Å². The predicted molar refractivity (Wildman–Crippen MR) is 113 cm³/mol. The molecule has 6 nitrogen and oxygen atoms in total. The third kappa shape index (κ3) is 5.16. The number of carbonyl (C=O) groups is 1. The molecule has 150 valence electrons. The average molecular weight is 383 g/mol. The number of hydrogen-bond donors (Lipinski definition) is 1. The lowest BCUT2D eigenvalue weighted by Gasteiger charge is -2.36. The Morgan fingerprint density at radius 2 is 1.71 bits per heavy atom. The van der Waals surface area contributed by atoms with Crippen molar-refractivity contribution in [2.75, 3.05) is 57.2 Å². The quantitative estimate of drug-likeness (QED) is 0.796. The number of carbonyl (C=O) groups excluding carboxylic acids is 1. The Balaban J connectivity index is 1.45. The van der Waals surface area contributed by atoms with Crippen LogP contribution >= 0.6 is 0 Å². The molecule has 0 saturated carbocycles. The monoisotopic (exact) mass is 383 g/mol. The molecule has 1 aliphatic heterocycles. The van der Waals surface area contributed by atoms with Crippen molar-refractivity contribution in [3.05, 3.63) is 48.0 Å². The lowest BCUT2D eigenvalue weighted by atomic mass is 10.2. The van der Waals surface area contributed by atoms with Crippen LogP contribution in [0.2, 0.25) is 0 Å². The van der Waals surface area contributed by atoms with Crippen LogP contribution in [0.5, 0.6) is 11.5 Å². The molecule has 6 heteroatoms. The zero-order valence-corrected chi connectivity index (χ0v) is 16.9. The summed E-state index contributed by atoms with van der Waals surface area (Å²) >= 11 is 0. The normalized spacial score (nSPS) is 14.6. The van der Waals surface area contributed by atoms with E-state index in [4.69, 9.17) is 9.47 Å². The Hall–Kier alpha value is -2.73. The first-order valence-corrected chi connectivity index (χ1v) is 9.65. The zero-order valence-electron chi connectivity index (χ0n) is 16.9. The van der Waals surface area contributed by atoms with Crippen LogP contribution in [0.25, 0.3) is 0 Å². The molecule has 1 aliphatic rings. The topological polar surface area (TPSA) is 54.0 Å². The first kappa shape index (κ1) is 20.0. The molecular weight excluding hydrogens is 354 g/mol. The third-order valence-electron chi connectivity index (χ3n) is 5.09. The standard InChI is InChI=1S/C22H29N3O3/c1-17-4-9-21(28-3)20(16-17)23-22(26)10-11-24-12-14-25(15-13-24)18-5-7-19(27-2)8-6-18/h4-9,16H,10-15H2,1-3H3,(H,23,26). The highest BCUT2D eigenvalue weighted by atomic mass is 16.5. The SMILES string of the molecule is COc1ccc(N2CCN(CCC(=O)Nc3cc(C)ccc3OC)CC2)cc1. The number of ether oxygens (including phenoxy) is 2. The number of nitrogens with one attached hydrogen (secondary N) is 1. The molecule has 1 saturated heterocycles. The smallest absolute Gasteiger partial charge is 0.225 e. The molecule has 28 heavy (non-hydrogen) atoms. The Bertz CT molecular complexity index is 784. The summed E-state index contributed by atoms with van der Waals surface area (Å²) in [6.07, 6.45) is 0.472. The fourth-order valence-corrected chi connectivity index (χ4v) is 3.41. The number of amides is 1. The Labute approximate surface area is 167 Å². The fraction of sp³-hybridized carbons (Fsp3) is 0.409. The summed E-state index contributed by atoms with van der Waals surface area (Å²) in [5.41, 5.74) is 3.03. The van der Waals surface area contributed by atoms with Gasteiger partial charge in [0.2, 0.25) is 5.91 Å². The van der Waals surface area contributed by atoms with E-state index in [1.807, 2.05) is 37.3 Å². The molecule has 0 radical (unpaired) electrons. The average Bonchev–Trinajstić information content (AvgIpc) is 2.73. The van der Waals surface area contributed by atoms with Gasteiger partial charge in [-0.15, -0.1) is 0 Å². The zero-order chi connectivity index (χ0) is 19.9. The van der Waals surface area contributed by atoms with E-state index in [1.54, 1.807) is 14.2 Å². The molecule has 1 N–H and O–H groups in total. The van der Waals surface area contributed by atoms with Gasteiger partial charge in [-0.05, 0) is 48.9 Å². The number of aryl methyl sites for hydroxylation is 1. The van der Waals surface area contributed by atoms with E-state index in [9.17, 15) is 4.79 Å². The second-order valence-corrected chi connectivity index (χ2v) is 7.03. The fourth-order valence-electron chi connectivity index (χ4n) is 3.41. The van der Waals surface area contributed by atoms with Crippen LogP contribution in [0, 0.1) is 6.92 Å². The number of nitrogens with zero attached hydrogens (tertiary/aromatic N) is 2. The molecule has 0 aromatic heterocycles. The van der Waals surface area contributed by atoms with Gasteiger partial charge in [0.1, 0.15) is 11.5 Å². The molecule has 0 spiro atoms. The van der Waals surface area contributed by atoms with E-state index in [2.05, 4.69) is 27.2 Å². The molecule has 0 unspecified atom stereocenters. The summed E-state index contributed by atoms with van der Waals surface area (Å²) in [5.74, 6) is 1.58. The molecule has 2 aromatic rings. The van der Waals surface area contributed by atoms with Crippen LogP contribution in [0.15, 0.2) is 42.5 Å². The minimum atomic E-state index is 0.0153. The number of benzene rings is 2. The maximum Gasteiger partial charge on any atom is 0.225 e. The van der Waals surface area contributed by atoms with Crippen LogP contribution in [0.1, 0.15) is 12.0 Å². The molecular formula is C22H29N3O3. The van der Waals surface area contributed by atoms with E-state index in [0.29, 0.717) is 12.2 Å². The second-order valence-electron chi connectivity index (χ2n) is 7.03. The number of anilines is 2. The molecule has 3 rings (SSSR count). The van der Waals surface area contributed by atoms with Gasteiger partial charge in [0, 0.05) is 44.8 Å². The van der Waals surface area contributed by atoms with Crippen LogP contribution in [-0.4, -0.2) is 57.8 Å². The van der Waals surface area contributed by atoms with Crippen molar-refractivity contribution >= 4 is 17.3 Å². The van der Waals surface area contributed by atoms with Gasteiger partial charge in [-0.25, -0.2) is 0 Å². The summed E-state index contributed by atoms with van der Waals surface area (Å²) in [6.45, 7) is 6.58. The Morgan fingerprint density at radius 1 is 1.00 bits per heavy atom. The maximum atomic E-state index is 12.4. The van der Waals surface area contributed by atoms with Crippen molar-refractivity contribution in [3.8, 4) is 11.5 Å². The Kier molecular flexibility index (Phi) is 6.76. The summed E-state index contributed by atoms with van der Waals surface area (Å²) in [7, 11) is 3.29. The summed E-state index contributed by atoms with van der Waals surface area (Å²) in [4.78, 5) is 17.1. The van der Waals surface area contributed by atoms with E-state index >= 15 is 0 Å². The van der Waals surface area contributed by atoms with Gasteiger partial charge in [0.25, 0.3) is 0 Å². The molecule has 1 amide bonds. The second kappa shape index (κ2) is 9.46. The van der Waals surface area contributed by atoms with Crippen molar-refractivity contribution in [1.29, 1.82) is 0 Å². The van der Waals surface area contributed by atoms with Gasteiger partial charge in [0.05, 0.1) is 19.9 Å². The van der Waals surface area contributed by atoms with Crippen LogP contribution < -0.4 is 19.7 Å². The Morgan fingerprint density at radius 3 is 2.36 bits per heavy atom. The van der Waals surface area contributed by atoms with Gasteiger partial charge < -0.3 is 19.7 Å². The van der Waals surface area contributed by atoms with E-state index in [0.717, 1.165) is 49.7 Å². The predicted octanol–water partition coefficient (Wildman–Crippen LogP) is 3.16. The number of methoxy groups -OCH3 is 2. The number of hydrogen-bond acceptors (Lipinski definition) is 5. The maximum absolute atomic E-state index is 12.4. The molecule has 0 atom stereocenters.